The predicted octanol–water partition coefficient (Wildman–Crippen LogP) is 0.448. The fourth-order valence-electron chi connectivity index (χ4n) is 1.07. The third-order valence-corrected chi connectivity index (χ3v) is 5.82. The first kappa shape index (κ1) is 14.1. The second kappa shape index (κ2) is 5.13. The first-order valence-corrected chi connectivity index (χ1v) is 6.98. The third-order valence-electron chi connectivity index (χ3n) is 2.31. The molecule has 0 radical (unpaired) electrons. The van der Waals surface area contributed by atoms with Crippen molar-refractivity contribution < 1.29 is 23.4 Å². The summed E-state index contributed by atoms with van der Waals surface area (Å²) in [6, 6.07) is 1.94. The Morgan fingerprint density at radius 2 is 2.12 bits per heavy atom. The Kier molecular flexibility index (Phi) is 4.26. The molecule has 0 aliphatic carbocycles. The third kappa shape index (κ3) is 2.83. The number of hydrogen-bond donors (Lipinski definition) is 2. The number of thiophene rings is 1. The molecule has 1 heterocycles. The van der Waals surface area contributed by atoms with Gasteiger partial charge in [-0.15, -0.1) is 11.3 Å². The molecule has 6 nitrogen and oxygen atoms in total. The second-order valence-electron chi connectivity index (χ2n) is 3.48. The van der Waals surface area contributed by atoms with E-state index in [9.17, 15) is 13.2 Å². The van der Waals surface area contributed by atoms with Crippen LogP contribution in [0.1, 0.15) is 16.6 Å². The van der Waals surface area contributed by atoms with E-state index in [4.69, 9.17) is 10.2 Å². The average molecular weight is 279 g/mol. The molecule has 17 heavy (non-hydrogen) atoms. The number of rotatable bonds is 5. The summed E-state index contributed by atoms with van der Waals surface area (Å²) in [6.07, 6.45) is 0. The van der Waals surface area contributed by atoms with E-state index in [0.717, 1.165) is 4.31 Å². The van der Waals surface area contributed by atoms with E-state index >= 15 is 0 Å². The molecule has 0 amide bonds. The zero-order valence-corrected chi connectivity index (χ0v) is 11.0. The molecule has 0 aliphatic heterocycles. The minimum atomic E-state index is -3.73. The Morgan fingerprint density at radius 1 is 1.53 bits per heavy atom. The monoisotopic (exact) mass is 279 g/mol. The molecule has 2 N–H and O–H groups in total. The number of aliphatic hydroxyl groups excluding tert-OH is 1. The van der Waals surface area contributed by atoms with Crippen molar-refractivity contribution in [2.75, 3.05) is 13.7 Å². The van der Waals surface area contributed by atoms with Crippen molar-refractivity contribution in [3.63, 3.8) is 0 Å². The van der Waals surface area contributed by atoms with Crippen molar-refractivity contribution >= 4 is 27.3 Å². The molecule has 0 saturated carbocycles. The van der Waals surface area contributed by atoms with Crippen LogP contribution in [0.2, 0.25) is 0 Å². The number of nitrogens with zero attached hydrogens (tertiary/aromatic N) is 1. The maximum absolute atomic E-state index is 12.0. The number of carboxylic acids is 1. The number of aliphatic hydroxyl groups is 1. The van der Waals surface area contributed by atoms with Crippen molar-refractivity contribution in [3.8, 4) is 0 Å². The van der Waals surface area contributed by atoms with Crippen LogP contribution in [-0.4, -0.2) is 48.6 Å². The topological polar surface area (TPSA) is 94.9 Å². The van der Waals surface area contributed by atoms with Crippen LogP contribution in [-0.2, 0) is 10.0 Å². The van der Waals surface area contributed by atoms with Gasteiger partial charge >= 0.3 is 5.97 Å². The molecule has 96 valence electrons. The quantitative estimate of drug-likeness (QED) is 0.816. The Bertz CT molecular complexity index is 507. The molecule has 1 unspecified atom stereocenters. The van der Waals surface area contributed by atoms with Crippen LogP contribution < -0.4 is 0 Å². The van der Waals surface area contributed by atoms with Crippen LogP contribution in [0.3, 0.4) is 0 Å². The summed E-state index contributed by atoms with van der Waals surface area (Å²) < 4.78 is 25.0. The Morgan fingerprint density at radius 3 is 2.53 bits per heavy atom. The minimum absolute atomic E-state index is 0.0337. The smallest absolute Gasteiger partial charge is 0.345 e. The van der Waals surface area contributed by atoms with Gasteiger partial charge in [-0.25, -0.2) is 13.2 Å². The van der Waals surface area contributed by atoms with Gasteiger partial charge in [-0.05, 0) is 19.1 Å². The van der Waals surface area contributed by atoms with Gasteiger partial charge < -0.3 is 10.2 Å². The van der Waals surface area contributed by atoms with Gasteiger partial charge in [0, 0.05) is 13.1 Å². The molecule has 0 aliphatic rings. The van der Waals surface area contributed by atoms with Gasteiger partial charge in [-0.2, -0.15) is 4.31 Å². The molecule has 8 heteroatoms. The van der Waals surface area contributed by atoms with Gasteiger partial charge in [-0.1, -0.05) is 0 Å². The van der Waals surface area contributed by atoms with Crippen LogP contribution in [0.15, 0.2) is 16.3 Å². The Hall–Kier alpha value is -0.960. The molecular weight excluding hydrogens is 266 g/mol. The number of likely N-dealkylation sites (N-methyl/N-ethyl adjacent to an activating group) is 1. The Balaban J connectivity index is 3.09. The lowest BCUT2D eigenvalue weighted by atomic mass is 10.4. The second-order valence-corrected chi connectivity index (χ2v) is 6.78. The lowest BCUT2D eigenvalue weighted by Gasteiger charge is -2.21. The Labute approximate surface area is 103 Å². The molecule has 1 aromatic rings. The minimum Gasteiger partial charge on any atom is -0.477 e. The number of sulfonamides is 1. The number of hydrogen-bond acceptors (Lipinski definition) is 5. The van der Waals surface area contributed by atoms with Gasteiger partial charge in [0.05, 0.1) is 6.61 Å². The van der Waals surface area contributed by atoms with Crippen LogP contribution >= 0.6 is 11.3 Å². The normalized spacial score (nSPS) is 13.9. The van der Waals surface area contributed by atoms with Crippen molar-refractivity contribution in [1.29, 1.82) is 0 Å². The fourth-order valence-corrected chi connectivity index (χ4v) is 3.75. The van der Waals surface area contributed by atoms with Crippen LogP contribution in [0, 0.1) is 0 Å². The van der Waals surface area contributed by atoms with Crippen molar-refractivity contribution in [2.45, 2.75) is 17.2 Å². The summed E-state index contributed by atoms with van der Waals surface area (Å²) in [5, 5.41) is 17.6. The first-order valence-electron chi connectivity index (χ1n) is 4.72. The highest BCUT2D eigenvalue weighted by molar-refractivity contribution is 7.91. The largest absolute Gasteiger partial charge is 0.477 e. The molecule has 0 spiro atoms. The fraction of sp³-hybridized carbons (Fsp3) is 0.444. The van der Waals surface area contributed by atoms with Crippen LogP contribution in [0.4, 0.5) is 0 Å². The SMILES string of the molecule is CC(CO)N(C)S(=O)(=O)c1ccc(C(=O)O)s1. The van der Waals surface area contributed by atoms with E-state index < -0.39 is 22.0 Å². The number of aromatic carboxylic acids is 1. The zero-order chi connectivity index (χ0) is 13.2. The molecular formula is C9H13NO5S2. The van der Waals surface area contributed by atoms with E-state index in [0.29, 0.717) is 11.3 Å². The summed E-state index contributed by atoms with van der Waals surface area (Å²) in [5.41, 5.74) is 0. The summed E-state index contributed by atoms with van der Waals surface area (Å²) in [6.45, 7) is 1.26. The lowest BCUT2D eigenvalue weighted by Crippen LogP contribution is -2.36. The molecule has 1 aromatic heterocycles. The van der Waals surface area contributed by atoms with E-state index in [1.54, 1.807) is 6.92 Å². The summed E-state index contributed by atoms with van der Waals surface area (Å²) in [5.74, 6) is -1.16. The molecule has 1 rings (SSSR count). The van der Waals surface area contributed by atoms with Crippen molar-refractivity contribution in [1.82, 2.24) is 4.31 Å². The lowest BCUT2D eigenvalue weighted by molar-refractivity contribution is 0.0702. The van der Waals surface area contributed by atoms with E-state index in [1.807, 2.05) is 0 Å². The molecule has 0 saturated heterocycles. The van der Waals surface area contributed by atoms with Gasteiger partial charge in [0.15, 0.2) is 0 Å². The highest BCUT2D eigenvalue weighted by Crippen LogP contribution is 2.25. The van der Waals surface area contributed by atoms with Crippen molar-refractivity contribution in [2.24, 2.45) is 0 Å². The number of carboxylic acid groups (broad SMARTS) is 1. The molecule has 1 atom stereocenters. The summed E-state index contributed by atoms with van der Waals surface area (Å²) in [4.78, 5) is 10.6. The molecule has 0 bridgehead atoms. The zero-order valence-electron chi connectivity index (χ0n) is 9.32. The van der Waals surface area contributed by atoms with E-state index in [1.165, 1.54) is 19.2 Å². The van der Waals surface area contributed by atoms with Crippen LogP contribution in [0.25, 0.3) is 0 Å². The standard InChI is InChI=1S/C9H13NO5S2/c1-6(5-11)10(2)17(14,15)8-4-3-7(16-8)9(12)13/h3-4,6,11H,5H2,1-2H3,(H,12,13). The van der Waals surface area contributed by atoms with Gasteiger partial charge in [0.1, 0.15) is 9.09 Å². The molecule has 0 aromatic carbocycles. The average Bonchev–Trinajstić information content (AvgIpc) is 2.76. The van der Waals surface area contributed by atoms with E-state index in [-0.39, 0.29) is 15.7 Å². The maximum atomic E-state index is 12.0. The molecule has 0 fully saturated rings. The first-order chi connectivity index (χ1) is 7.80. The number of carbonyl (C=O) groups is 1. The summed E-state index contributed by atoms with van der Waals surface area (Å²) in [7, 11) is -2.39. The van der Waals surface area contributed by atoms with E-state index in [2.05, 4.69) is 0 Å². The van der Waals surface area contributed by atoms with Crippen molar-refractivity contribution in [3.05, 3.63) is 17.0 Å². The van der Waals surface area contributed by atoms with Gasteiger partial charge in [0.2, 0.25) is 0 Å². The van der Waals surface area contributed by atoms with Crippen LogP contribution in [0.5, 0.6) is 0 Å². The highest BCUT2D eigenvalue weighted by atomic mass is 32.2. The maximum Gasteiger partial charge on any atom is 0.345 e. The summed E-state index contributed by atoms with van der Waals surface area (Å²) >= 11 is 0.693. The van der Waals surface area contributed by atoms with Gasteiger partial charge in [-0.3, -0.25) is 0 Å². The highest BCUT2D eigenvalue weighted by Gasteiger charge is 2.27. The van der Waals surface area contributed by atoms with Gasteiger partial charge in [0.25, 0.3) is 10.0 Å². The predicted molar refractivity (Wildman–Crippen MR) is 62.8 cm³/mol.